The fourth-order valence-electron chi connectivity index (χ4n) is 1.30. The van der Waals surface area contributed by atoms with Crippen LogP contribution in [0.1, 0.15) is 10.4 Å². The van der Waals surface area contributed by atoms with E-state index in [2.05, 4.69) is 14.8 Å². The number of hydrogen-bond donors (Lipinski definition) is 2. The van der Waals surface area contributed by atoms with E-state index in [-0.39, 0.29) is 5.91 Å². The Hall–Kier alpha value is -1.64. The highest BCUT2D eigenvalue weighted by molar-refractivity contribution is 8.00. The smallest absolute Gasteiger partial charge is 0.265 e. The van der Waals surface area contributed by atoms with E-state index in [0.717, 1.165) is 10.1 Å². The van der Waals surface area contributed by atoms with Gasteiger partial charge in [-0.05, 0) is 35.8 Å². The highest BCUT2D eigenvalue weighted by Gasteiger charge is 2.03. The fourth-order valence-corrected chi connectivity index (χ4v) is 2.63. The van der Waals surface area contributed by atoms with Crippen molar-refractivity contribution in [3.05, 3.63) is 36.2 Å². The van der Waals surface area contributed by atoms with Crippen molar-refractivity contribution in [2.24, 2.45) is 5.84 Å². The summed E-state index contributed by atoms with van der Waals surface area (Å²) in [5.74, 6) is 6.23. The summed E-state index contributed by atoms with van der Waals surface area (Å²) < 4.78 is 10.4. The van der Waals surface area contributed by atoms with Crippen LogP contribution in [0.4, 0.5) is 0 Å². The van der Waals surface area contributed by atoms with Crippen LogP contribution in [0.3, 0.4) is 0 Å². The molecule has 100 valence electrons. The standard InChI is InChI=1S/C11H12N4O2S2/c12-15-10(16)8-1-3-9(4-2-8)17-5-6-18-11-13-7-14-19-11/h1-4,7H,5-6,12H2,(H,15,16). The minimum Gasteiger partial charge on any atom is -0.493 e. The lowest BCUT2D eigenvalue weighted by molar-refractivity contribution is 0.0953. The van der Waals surface area contributed by atoms with Gasteiger partial charge in [-0.3, -0.25) is 10.2 Å². The predicted molar refractivity (Wildman–Crippen MR) is 74.2 cm³/mol. The van der Waals surface area contributed by atoms with Gasteiger partial charge in [-0.15, -0.1) is 0 Å². The molecule has 2 rings (SSSR count). The topological polar surface area (TPSA) is 90.1 Å². The molecule has 8 heteroatoms. The van der Waals surface area contributed by atoms with E-state index in [0.29, 0.717) is 17.9 Å². The molecular formula is C11H12N4O2S2. The minimum atomic E-state index is -0.321. The number of rotatable bonds is 6. The number of ether oxygens (including phenoxy) is 1. The Balaban J connectivity index is 1.75. The van der Waals surface area contributed by atoms with Gasteiger partial charge in [0, 0.05) is 11.3 Å². The number of benzene rings is 1. The zero-order valence-electron chi connectivity index (χ0n) is 9.91. The summed E-state index contributed by atoms with van der Waals surface area (Å²) >= 11 is 2.96. The quantitative estimate of drug-likeness (QED) is 0.275. The Morgan fingerprint density at radius 2 is 2.21 bits per heavy atom. The van der Waals surface area contributed by atoms with E-state index in [4.69, 9.17) is 10.6 Å². The van der Waals surface area contributed by atoms with Crippen LogP contribution in [0.2, 0.25) is 0 Å². The summed E-state index contributed by atoms with van der Waals surface area (Å²) in [5.41, 5.74) is 2.57. The third-order valence-corrected chi connectivity index (χ3v) is 3.93. The van der Waals surface area contributed by atoms with Crippen molar-refractivity contribution in [1.82, 2.24) is 14.8 Å². The van der Waals surface area contributed by atoms with Gasteiger partial charge in [-0.2, -0.15) is 4.37 Å². The monoisotopic (exact) mass is 296 g/mol. The molecule has 0 aliphatic heterocycles. The van der Waals surface area contributed by atoms with Gasteiger partial charge in [0.05, 0.1) is 6.61 Å². The van der Waals surface area contributed by atoms with E-state index in [1.165, 1.54) is 17.9 Å². The molecule has 1 heterocycles. The molecule has 2 aromatic rings. The average Bonchev–Trinajstić information content (AvgIpc) is 2.96. The Morgan fingerprint density at radius 3 is 2.84 bits per heavy atom. The van der Waals surface area contributed by atoms with E-state index < -0.39 is 0 Å². The van der Waals surface area contributed by atoms with Crippen LogP contribution in [0.15, 0.2) is 34.9 Å². The lowest BCUT2D eigenvalue weighted by Crippen LogP contribution is -2.29. The second kappa shape index (κ2) is 7.07. The number of thioether (sulfide) groups is 1. The predicted octanol–water partition coefficient (Wildman–Crippen LogP) is 1.31. The second-order valence-electron chi connectivity index (χ2n) is 3.40. The van der Waals surface area contributed by atoms with E-state index >= 15 is 0 Å². The maximum Gasteiger partial charge on any atom is 0.265 e. The van der Waals surface area contributed by atoms with Crippen molar-refractivity contribution < 1.29 is 9.53 Å². The summed E-state index contributed by atoms with van der Waals surface area (Å²) in [4.78, 5) is 15.3. The number of nitrogen functional groups attached to an aromatic ring is 1. The summed E-state index contributed by atoms with van der Waals surface area (Å²) in [6.45, 7) is 0.562. The molecular weight excluding hydrogens is 284 g/mol. The van der Waals surface area contributed by atoms with Crippen LogP contribution >= 0.6 is 23.3 Å². The Labute approximate surface area is 118 Å². The summed E-state index contributed by atoms with van der Waals surface area (Å²) in [6, 6.07) is 6.80. The summed E-state index contributed by atoms with van der Waals surface area (Å²) in [6.07, 6.45) is 1.54. The van der Waals surface area contributed by atoms with Crippen LogP contribution in [-0.2, 0) is 0 Å². The molecule has 0 spiro atoms. The number of nitrogens with zero attached hydrogens (tertiary/aromatic N) is 2. The van der Waals surface area contributed by atoms with Gasteiger partial charge < -0.3 is 4.74 Å². The molecule has 0 fully saturated rings. The molecule has 1 aromatic carbocycles. The van der Waals surface area contributed by atoms with Gasteiger partial charge in [0.2, 0.25) is 0 Å². The molecule has 0 saturated carbocycles. The molecule has 6 nitrogen and oxygen atoms in total. The number of amides is 1. The molecule has 0 unspecified atom stereocenters. The first-order chi connectivity index (χ1) is 9.29. The van der Waals surface area contributed by atoms with Crippen LogP contribution in [0.25, 0.3) is 0 Å². The van der Waals surface area contributed by atoms with Crippen molar-refractivity contribution in [3.8, 4) is 5.75 Å². The normalized spacial score (nSPS) is 10.2. The van der Waals surface area contributed by atoms with Crippen molar-refractivity contribution >= 4 is 29.2 Å². The van der Waals surface area contributed by atoms with Gasteiger partial charge in [0.15, 0.2) is 4.34 Å². The average molecular weight is 296 g/mol. The highest BCUT2D eigenvalue weighted by atomic mass is 32.2. The number of carbonyl (C=O) groups excluding carboxylic acids is 1. The Bertz CT molecular complexity index is 516. The van der Waals surface area contributed by atoms with Crippen molar-refractivity contribution in [3.63, 3.8) is 0 Å². The van der Waals surface area contributed by atoms with Crippen LogP contribution in [-0.4, -0.2) is 27.6 Å². The number of nitrogens with one attached hydrogen (secondary N) is 1. The van der Waals surface area contributed by atoms with Gasteiger partial charge in [0.1, 0.15) is 12.1 Å². The molecule has 0 aliphatic rings. The first-order valence-electron chi connectivity index (χ1n) is 5.43. The number of hydrazine groups is 1. The minimum absolute atomic E-state index is 0.321. The van der Waals surface area contributed by atoms with Gasteiger partial charge in [-0.1, -0.05) is 11.8 Å². The molecule has 0 atom stereocenters. The van der Waals surface area contributed by atoms with Crippen LogP contribution in [0, 0.1) is 0 Å². The summed E-state index contributed by atoms with van der Waals surface area (Å²) in [7, 11) is 0. The maximum absolute atomic E-state index is 11.2. The molecule has 1 amide bonds. The fraction of sp³-hybridized carbons (Fsp3) is 0.182. The first kappa shape index (κ1) is 13.8. The van der Waals surface area contributed by atoms with E-state index in [1.54, 1.807) is 36.0 Å². The van der Waals surface area contributed by atoms with Crippen molar-refractivity contribution in [2.75, 3.05) is 12.4 Å². The molecule has 0 bridgehead atoms. The Kier molecular flexibility index (Phi) is 5.13. The zero-order valence-corrected chi connectivity index (χ0v) is 11.5. The summed E-state index contributed by atoms with van der Waals surface area (Å²) in [5, 5.41) is 0. The van der Waals surface area contributed by atoms with Crippen LogP contribution < -0.4 is 16.0 Å². The maximum atomic E-state index is 11.2. The molecule has 0 radical (unpaired) electrons. The molecule has 0 aliphatic carbocycles. The SMILES string of the molecule is NNC(=O)c1ccc(OCCSc2ncns2)cc1. The van der Waals surface area contributed by atoms with Crippen molar-refractivity contribution in [2.45, 2.75) is 4.34 Å². The van der Waals surface area contributed by atoms with Gasteiger partial charge >= 0.3 is 0 Å². The molecule has 19 heavy (non-hydrogen) atoms. The molecule has 0 saturated heterocycles. The lowest BCUT2D eigenvalue weighted by atomic mass is 10.2. The molecule has 3 N–H and O–H groups in total. The third-order valence-electron chi connectivity index (χ3n) is 2.17. The molecule has 1 aromatic heterocycles. The van der Waals surface area contributed by atoms with Gasteiger partial charge in [0.25, 0.3) is 5.91 Å². The van der Waals surface area contributed by atoms with Crippen molar-refractivity contribution in [1.29, 1.82) is 0 Å². The number of hydrogen-bond acceptors (Lipinski definition) is 7. The van der Waals surface area contributed by atoms with E-state index in [9.17, 15) is 4.79 Å². The number of carbonyl (C=O) groups is 1. The van der Waals surface area contributed by atoms with E-state index in [1.807, 2.05) is 0 Å². The largest absolute Gasteiger partial charge is 0.493 e. The lowest BCUT2D eigenvalue weighted by Gasteiger charge is -2.06. The zero-order chi connectivity index (χ0) is 13.5. The first-order valence-corrected chi connectivity index (χ1v) is 7.19. The Morgan fingerprint density at radius 1 is 1.42 bits per heavy atom. The van der Waals surface area contributed by atoms with Crippen LogP contribution in [0.5, 0.6) is 5.75 Å². The highest BCUT2D eigenvalue weighted by Crippen LogP contribution is 2.18. The number of aromatic nitrogens is 2. The third kappa shape index (κ3) is 4.19. The number of nitrogens with two attached hydrogens (primary N) is 1. The van der Waals surface area contributed by atoms with Gasteiger partial charge in [-0.25, -0.2) is 10.8 Å². The second-order valence-corrected chi connectivity index (χ2v) is 5.52.